The first-order valence-electron chi connectivity index (χ1n) is 17.8. The van der Waals surface area contributed by atoms with Crippen molar-refractivity contribution < 1.29 is 0 Å². The van der Waals surface area contributed by atoms with Crippen LogP contribution in [0.2, 0.25) is 0 Å². The summed E-state index contributed by atoms with van der Waals surface area (Å²) < 4.78 is 7.23. The zero-order valence-corrected chi connectivity index (χ0v) is 29.3. The average Bonchev–Trinajstić information content (AvgIpc) is 3.88. The van der Waals surface area contributed by atoms with E-state index in [-0.39, 0.29) is 0 Å². The maximum atomic E-state index is 10.2. The van der Waals surface area contributed by atoms with Crippen molar-refractivity contribution in [3.8, 4) is 39.7 Å². The van der Waals surface area contributed by atoms with E-state index in [1.54, 1.807) is 0 Å². The van der Waals surface area contributed by atoms with Gasteiger partial charge in [0.25, 0.3) is 0 Å². The summed E-state index contributed by atoms with van der Waals surface area (Å²) >= 11 is 1.84. The van der Waals surface area contributed by atoms with Crippen LogP contribution < -0.4 is 0 Å². The number of nitriles is 1. The van der Waals surface area contributed by atoms with E-state index in [0.717, 1.165) is 33.5 Å². The summed E-state index contributed by atoms with van der Waals surface area (Å²) in [5.74, 6) is 0. The molecule has 0 aliphatic heterocycles. The van der Waals surface area contributed by atoms with Crippen molar-refractivity contribution in [2.24, 2.45) is 0 Å². The fraction of sp³-hybridized carbons (Fsp3) is 0. The van der Waals surface area contributed by atoms with Gasteiger partial charge >= 0.3 is 0 Å². The standard InChI is InChI=1S/C49H29N3S/c50-30-33-12-4-7-21-43(33)52-45-23-9-6-16-38(45)40-20-11-18-36(49(40)52)32-25-27-47-42(29-32)41-28-31(24-26-46(41)53-47)35-17-10-19-39-37-15-5-8-22-44(37)51(48(35)39)34-13-2-1-3-14-34/h1-29H. The Labute approximate surface area is 309 Å². The summed E-state index contributed by atoms with van der Waals surface area (Å²) in [7, 11) is 0. The summed E-state index contributed by atoms with van der Waals surface area (Å²) in [4.78, 5) is 0. The van der Waals surface area contributed by atoms with Gasteiger partial charge in [0.2, 0.25) is 0 Å². The Bertz CT molecular complexity index is 3300. The van der Waals surface area contributed by atoms with Crippen LogP contribution in [0.4, 0.5) is 0 Å². The van der Waals surface area contributed by atoms with Gasteiger partial charge in [-0.3, -0.25) is 0 Å². The summed E-state index contributed by atoms with van der Waals surface area (Å²) in [5.41, 5.74) is 12.0. The lowest BCUT2D eigenvalue weighted by Gasteiger charge is -2.13. The van der Waals surface area contributed by atoms with Crippen molar-refractivity contribution in [1.82, 2.24) is 9.13 Å². The summed E-state index contributed by atoms with van der Waals surface area (Å²) in [5, 5.41) is 17.5. The quantitative estimate of drug-likeness (QED) is 0.181. The van der Waals surface area contributed by atoms with Crippen LogP contribution >= 0.6 is 11.3 Å². The van der Waals surface area contributed by atoms with Crippen LogP contribution in [0, 0.1) is 11.3 Å². The first-order chi connectivity index (χ1) is 26.3. The number of nitrogens with zero attached hydrogens (tertiary/aromatic N) is 3. The van der Waals surface area contributed by atoms with Crippen LogP contribution in [0.3, 0.4) is 0 Å². The number of fused-ring (bicyclic) bond motifs is 9. The highest BCUT2D eigenvalue weighted by Crippen LogP contribution is 2.44. The first-order valence-corrected chi connectivity index (χ1v) is 18.6. The fourth-order valence-electron chi connectivity index (χ4n) is 8.47. The molecule has 0 aliphatic rings. The van der Waals surface area contributed by atoms with Crippen molar-refractivity contribution in [2.75, 3.05) is 0 Å². The maximum absolute atomic E-state index is 10.2. The molecule has 4 heteroatoms. The number of thiophene rings is 1. The van der Waals surface area contributed by atoms with Gasteiger partial charge in [0.15, 0.2) is 0 Å². The van der Waals surface area contributed by atoms with Crippen LogP contribution in [0.1, 0.15) is 5.56 Å². The van der Waals surface area contributed by atoms with E-state index < -0.39 is 0 Å². The molecule has 0 saturated carbocycles. The van der Waals surface area contributed by atoms with Gasteiger partial charge in [0, 0.05) is 58.5 Å². The molecule has 0 saturated heterocycles. The lowest BCUT2D eigenvalue weighted by atomic mass is 9.98. The van der Waals surface area contributed by atoms with Gasteiger partial charge in [-0.25, -0.2) is 0 Å². The second-order valence-electron chi connectivity index (χ2n) is 13.6. The number of hydrogen-bond acceptors (Lipinski definition) is 2. The third kappa shape index (κ3) is 4.39. The van der Waals surface area contributed by atoms with Crippen molar-refractivity contribution in [3.63, 3.8) is 0 Å². The van der Waals surface area contributed by atoms with E-state index in [1.165, 1.54) is 63.9 Å². The van der Waals surface area contributed by atoms with Crippen molar-refractivity contribution >= 4 is 75.1 Å². The molecule has 8 aromatic carbocycles. The van der Waals surface area contributed by atoms with Gasteiger partial charge in [-0.1, -0.05) is 115 Å². The summed E-state index contributed by atoms with van der Waals surface area (Å²) in [6.07, 6.45) is 0. The van der Waals surface area contributed by atoms with Gasteiger partial charge in [-0.2, -0.15) is 5.26 Å². The monoisotopic (exact) mass is 691 g/mol. The molecule has 3 nitrogen and oxygen atoms in total. The number of benzene rings is 8. The van der Waals surface area contributed by atoms with Crippen LogP contribution in [-0.2, 0) is 0 Å². The third-order valence-electron chi connectivity index (χ3n) is 10.8. The zero-order chi connectivity index (χ0) is 35.0. The molecule has 0 spiro atoms. The van der Waals surface area contributed by atoms with Gasteiger partial charge < -0.3 is 9.13 Å². The van der Waals surface area contributed by atoms with Crippen LogP contribution in [0.25, 0.3) is 97.4 Å². The average molecular weight is 692 g/mol. The minimum Gasteiger partial charge on any atom is -0.309 e. The predicted molar refractivity (Wildman–Crippen MR) is 224 cm³/mol. The molecule has 3 aromatic heterocycles. The molecule has 11 rings (SSSR count). The lowest BCUT2D eigenvalue weighted by Crippen LogP contribution is -1.98. The highest BCUT2D eigenvalue weighted by molar-refractivity contribution is 7.25. The normalized spacial score (nSPS) is 11.8. The second kappa shape index (κ2) is 11.5. The summed E-state index contributed by atoms with van der Waals surface area (Å²) in [6, 6.07) is 65.4. The van der Waals surface area contributed by atoms with Gasteiger partial charge in [-0.15, -0.1) is 11.3 Å². The number of para-hydroxylation sites is 6. The Morgan fingerprint density at radius 1 is 0.415 bits per heavy atom. The molecule has 0 unspecified atom stereocenters. The van der Waals surface area contributed by atoms with E-state index in [4.69, 9.17) is 0 Å². The van der Waals surface area contributed by atoms with Crippen LogP contribution in [0.15, 0.2) is 176 Å². The van der Waals surface area contributed by atoms with Crippen LogP contribution in [0.5, 0.6) is 0 Å². The molecule has 246 valence electrons. The van der Waals surface area contributed by atoms with Crippen molar-refractivity contribution in [1.29, 1.82) is 5.26 Å². The Kier molecular flexibility index (Phi) is 6.48. The molecule has 53 heavy (non-hydrogen) atoms. The second-order valence-corrected chi connectivity index (χ2v) is 14.7. The van der Waals surface area contributed by atoms with Gasteiger partial charge in [0.1, 0.15) is 6.07 Å². The van der Waals surface area contributed by atoms with Crippen LogP contribution in [-0.4, -0.2) is 9.13 Å². The Morgan fingerprint density at radius 2 is 0.925 bits per heavy atom. The van der Waals surface area contributed by atoms with Gasteiger partial charge in [0.05, 0.1) is 33.3 Å². The molecule has 0 atom stereocenters. The Morgan fingerprint density at radius 3 is 1.55 bits per heavy atom. The summed E-state index contributed by atoms with van der Waals surface area (Å²) in [6.45, 7) is 0. The van der Waals surface area contributed by atoms with E-state index in [2.05, 4.69) is 173 Å². The first kappa shape index (κ1) is 29.8. The molecule has 0 amide bonds. The molecule has 0 N–H and O–H groups in total. The smallest absolute Gasteiger partial charge is 0.101 e. The largest absolute Gasteiger partial charge is 0.309 e. The minimum atomic E-state index is 0.651. The predicted octanol–water partition coefficient (Wildman–Crippen LogP) is 13.5. The molecule has 0 aliphatic carbocycles. The number of aromatic nitrogens is 2. The lowest BCUT2D eigenvalue weighted by molar-refractivity contribution is 1.17. The van der Waals surface area contributed by atoms with E-state index in [9.17, 15) is 5.26 Å². The molecule has 0 bridgehead atoms. The zero-order valence-electron chi connectivity index (χ0n) is 28.5. The third-order valence-corrected chi connectivity index (χ3v) is 11.9. The minimum absolute atomic E-state index is 0.651. The van der Waals surface area contributed by atoms with Crippen molar-refractivity contribution in [3.05, 3.63) is 181 Å². The SMILES string of the molecule is N#Cc1ccccc1-n1c2ccccc2c2cccc(-c3ccc4sc5ccc(-c6cccc7c8ccccc8n(-c8ccccc8)c67)cc5c4c3)c21. The highest BCUT2D eigenvalue weighted by atomic mass is 32.1. The Balaban J connectivity index is 1.15. The molecule has 11 aromatic rings. The fourth-order valence-corrected chi connectivity index (χ4v) is 9.54. The number of rotatable bonds is 4. The molecule has 0 fully saturated rings. The molecule has 0 radical (unpaired) electrons. The van der Waals surface area contributed by atoms with E-state index in [1.807, 2.05) is 29.5 Å². The van der Waals surface area contributed by atoms with E-state index in [0.29, 0.717) is 5.56 Å². The number of hydrogen-bond donors (Lipinski definition) is 0. The van der Waals surface area contributed by atoms with Gasteiger partial charge in [-0.05, 0) is 71.8 Å². The molecular weight excluding hydrogens is 663 g/mol. The van der Waals surface area contributed by atoms with E-state index >= 15 is 0 Å². The van der Waals surface area contributed by atoms with Crippen molar-refractivity contribution in [2.45, 2.75) is 0 Å². The molecule has 3 heterocycles. The highest BCUT2D eigenvalue weighted by Gasteiger charge is 2.20. The molecular formula is C49H29N3S. The Hall–Kier alpha value is -6.93. The maximum Gasteiger partial charge on any atom is 0.101 e. The topological polar surface area (TPSA) is 33.6 Å².